The van der Waals surface area contributed by atoms with Gasteiger partial charge in [0, 0.05) is 5.92 Å². The van der Waals surface area contributed by atoms with E-state index in [1.807, 2.05) is 36.4 Å². The summed E-state index contributed by atoms with van der Waals surface area (Å²) in [7, 11) is 0. The number of rotatable bonds is 5. The van der Waals surface area contributed by atoms with E-state index >= 15 is 0 Å². The highest BCUT2D eigenvalue weighted by Crippen LogP contribution is 2.44. The van der Waals surface area contributed by atoms with Gasteiger partial charge in [-0.05, 0) is 30.0 Å². The van der Waals surface area contributed by atoms with Gasteiger partial charge in [-0.1, -0.05) is 62.4 Å². The molecule has 2 aliphatic heterocycles. The van der Waals surface area contributed by atoms with Crippen LogP contribution in [-0.2, 0) is 23.9 Å². The Kier molecular flexibility index (Phi) is 5.24. The fraction of sp³-hybridized carbons (Fsp3) is 0.333. The predicted molar refractivity (Wildman–Crippen MR) is 109 cm³/mol. The van der Waals surface area contributed by atoms with Gasteiger partial charge in [0.25, 0.3) is 0 Å². The Hall–Kier alpha value is -3.28. The molecule has 2 aromatic carbocycles. The van der Waals surface area contributed by atoms with Crippen molar-refractivity contribution in [3.63, 3.8) is 0 Å². The van der Waals surface area contributed by atoms with Gasteiger partial charge in [-0.25, -0.2) is 0 Å². The summed E-state index contributed by atoms with van der Waals surface area (Å²) in [5, 5.41) is 0. The predicted octanol–water partition coefficient (Wildman–Crippen LogP) is 3.32. The van der Waals surface area contributed by atoms with Gasteiger partial charge in [0.1, 0.15) is 0 Å². The van der Waals surface area contributed by atoms with E-state index < -0.39 is 41.5 Å². The first-order valence-electron chi connectivity index (χ1n) is 10.1. The Labute approximate surface area is 174 Å². The summed E-state index contributed by atoms with van der Waals surface area (Å²) in [6.07, 6.45) is 0.288. The number of hydrogen-bond donors (Lipinski definition) is 0. The van der Waals surface area contributed by atoms with Gasteiger partial charge in [0.05, 0.1) is 23.4 Å². The molecule has 5 unspecified atom stereocenters. The second-order valence-electron chi connectivity index (χ2n) is 8.05. The van der Waals surface area contributed by atoms with Crippen LogP contribution >= 0.6 is 0 Å². The zero-order chi connectivity index (χ0) is 21.4. The fourth-order valence-corrected chi connectivity index (χ4v) is 4.59. The number of anilines is 1. The highest BCUT2D eigenvalue weighted by atomic mass is 16.6. The van der Waals surface area contributed by atoms with Gasteiger partial charge in [0.15, 0.2) is 0 Å². The molecule has 0 saturated carbocycles. The van der Waals surface area contributed by atoms with Crippen molar-refractivity contribution in [2.45, 2.75) is 26.2 Å². The lowest BCUT2D eigenvalue weighted by Gasteiger charge is -2.26. The highest BCUT2D eigenvalue weighted by Gasteiger charge is 2.51. The molecular formula is C24H23NO5. The van der Waals surface area contributed by atoms with Crippen molar-refractivity contribution < 1.29 is 23.9 Å². The lowest BCUT2D eigenvalue weighted by molar-refractivity contribution is -0.154. The normalized spacial score (nSPS) is 27.5. The molecule has 2 heterocycles. The van der Waals surface area contributed by atoms with E-state index in [1.165, 1.54) is 4.90 Å². The molecule has 0 aliphatic carbocycles. The number of carbonyl (C=O) groups excluding carboxylic acids is 4. The van der Waals surface area contributed by atoms with Crippen molar-refractivity contribution in [2.24, 2.45) is 23.7 Å². The van der Waals surface area contributed by atoms with Crippen LogP contribution in [0.4, 0.5) is 5.69 Å². The molecule has 154 valence electrons. The molecule has 0 N–H and O–H groups in total. The molecule has 6 heteroatoms. The van der Waals surface area contributed by atoms with Gasteiger partial charge in [-0.3, -0.25) is 24.1 Å². The summed E-state index contributed by atoms with van der Waals surface area (Å²) in [6, 6.07) is 18.2. The van der Waals surface area contributed by atoms with Crippen LogP contribution in [0.2, 0.25) is 0 Å². The topological polar surface area (TPSA) is 80.8 Å². The average molecular weight is 405 g/mol. The molecular weight excluding hydrogens is 382 g/mol. The van der Waals surface area contributed by atoms with Crippen LogP contribution in [0.1, 0.15) is 31.7 Å². The number of imide groups is 1. The maximum atomic E-state index is 13.3. The van der Waals surface area contributed by atoms with Crippen LogP contribution in [0.15, 0.2) is 60.7 Å². The molecule has 6 nitrogen and oxygen atoms in total. The van der Waals surface area contributed by atoms with Crippen molar-refractivity contribution >= 4 is 29.4 Å². The third-order valence-electron chi connectivity index (χ3n) is 6.32. The summed E-state index contributed by atoms with van der Waals surface area (Å²) in [5.41, 5.74) is 1.40. The molecule has 4 rings (SSSR count). The second kappa shape index (κ2) is 7.86. The monoisotopic (exact) mass is 405 g/mol. The Morgan fingerprint density at radius 1 is 0.800 bits per heavy atom. The number of benzene rings is 2. The van der Waals surface area contributed by atoms with Crippen LogP contribution in [0.3, 0.4) is 0 Å². The molecule has 2 fully saturated rings. The van der Waals surface area contributed by atoms with Crippen LogP contribution in [-0.4, -0.2) is 23.8 Å². The lowest BCUT2D eigenvalue weighted by Crippen LogP contribution is -2.32. The molecule has 2 aliphatic rings. The largest absolute Gasteiger partial charge is 0.393 e. The third-order valence-corrected chi connectivity index (χ3v) is 6.32. The summed E-state index contributed by atoms with van der Waals surface area (Å²) >= 11 is 0. The number of para-hydroxylation sites is 1. The lowest BCUT2D eigenvalue weighted by atomic mass is 9.73. The van der Waals surface area contributed by atoms with Crippen LogP contribution in [0.5, 0.6) is 0 Å². The van der Waals surface area contributed by atoms with Crippen molar-refractivity contribution in [3.8, 4) is 0 Å². The molecule has 2 aromatic rings. The van der Waals surface area contributed by atoms with Crippen LogP contribution in [0.25, 0.3) is 0 Å². The number of nitrogens with zero attached hydrogens (tertiary/aromatic N) is 1. The molecule has 2 saturated heterocycles. The molecule has 2 amide bonds. The van der Waals surface area contributed by atoms with Gasteiger partial charge >= 0.3 is 11.9 Å². The van der Waals surface area contributed by atoms with E-state index in [0.29, 0.717) is 5.69 Å². The van der Waals surface area contributed by atoms with Crippen molar-refractivity contribution in [2.75, 3.05) is 4.90 Å². The summed E-state index contributed by atoms with van der Waals surface area (Å²) < 4.78 is 4.88. The standard InChI is InChI=1S/C24H23NO5/c1-14-18(22(27)25(21(14)26)17-11-7-4-8-12-17)13-19(16-9-5-3-6-10-16)20-15(2)23(28)30-24(20)29/h3-12,14-15,18-20H,13H2,1-2H3. The number of ether oxygens (including phenoxy) is 1. The zero-order valence-electron chi connectivity index (χ0n) is 16.9. The highest BCUT2D eigenvalue weighted by molar-refractivity contribution is 6.21. The molecule has 5 atom stereocenters. The van der Waals surface area contributed by atoms with E-state index in [9.17, 15) is 19.2 Å². The minimum Gasteiger partial charge on any atom is -0.393 e. The van der Waals surface area contributed by atoms with Gasteiger partial charge in [-0.15, -0.1) is 0 Å². The SMILES string of the molecule is CC1C(=O)N(c2ccccc2)C(=O)C1CC(c1ccccc1)C1C(=O)OC(=O)C1C. The quantitative estimate of drug-likeness (QED) is 0.433. The van der Waals surface area contributed by atoms with Crippen LogP contribution in [0, 0.1) is 23.7 Å². The van der Waals surface area contributed by atoms with Crippen LogP contribution < -0.4 is 4.90 Å². The molecule has 0 bridgehead atoms. The number of cyclic esters (lactones) is 2. The van der Waals surface area contributed by atoms with E-state index in [1.54, 1.807) is 38.1 Å². The molecule has 30 heavy (non-hydrogen) atoms. The van der Waals surface area contributed by atoms with Crippen molar-refractivity contribution in [3.05, 3.63) is 66.2 Å². The Morgan fingerprint density at radius 3 is 1.97 bits per heavy atom. The minimum atomic E-state index is -0.680. The number of amides is 2. The Bertz CT molecular complexity index is 987. The van der Waals surface area contributed by atoms with E-state index in [2.05, 4.69) is 0 Å². The average Bonchev–Trinajstić information content (AvgIpc) is 3.13. The van der Waals surface area contributed by atoms with E-state index in [4.69, 9.17) is 4.74 Å². The first-order valence-corrected chi connectivity index (χ1v) is 10.1. The third kappa shape index (κ3) is 3.32. The first-order chi connectivity index (χ1) is 14.4. The molecule has 0 radical (unpaired) electrons. The Balaban J connectivity index is 1.68. The second-order valence-corrected chi connectivity index (χ2v) is 8.05. The smallest absolute Gasteiger partial charge is 0.318 e. The van der Waals surface area contributed by atoms with Gasteiger partial charge in [-0.2, -0.15) is 0 Å². The maximum Gasteiger partial charge on any atom is 0.318 e. The zero-order valence-corrected chi connectivity index (χ0v) is 16.9. The number of carbonyl (C=O) groups is 4. The van der Waals surface area contributed by atoms with Crippen molar-refractivity contribution in [1.29, 1.82) is 0 Å². The fourth-order valence-electron chi connectivity index (χ4n) is 4.59. The Morgan fingerprint density at radius 2 is 1.40 bits per heavy atom. The van der Waals surface area contributed by atoms with Gasteiger partial charge in [0.2, 0.25) is 11.8 Å². The molecule has 0 aromatic heterocycles. The number of hydrogen-bond acceptors (Lipinski definition) is 5. The summed E-state index contributed by atoms with van der Waals surface area (Å²) in [4.78, 5) is 51.9. The first kappa shape index (κ1) is 20.0. The summed E-state index contributed by atoms with van der Waals surface area (Å²) in [5.74, 6) is -4.42. The van der Waals surface area contributed by atoms with E-state index in [0.717, 1.165) is 5.56 Å². The van der Waals surface area contributed by atoms with E-state index in [-0.39, 0.29) is 18.2 Å². The summed E-state index contributed by atoms with van der Waals surface area (Å²) in [6.45, 7) is 3.42. The molecule has 0 spiro atoms. The van der Waals surface area contributed by atoms with Crippen molar-refractivity contribution in [1.82, 2.24) is 0 Å². The maximum absolute atomic E-state index is 13.3. The number of esters is 2. The minimum absolute atomic E-state index is 0.249. The van der Waals surface area contributed by atoms with Gasteiger partial charge < -0.3 is 4.74 Å².